The lowest BCUT2D eigenvalue weighted by Crippen LogP contribution is -2.37. The van der Waals surface area contributed by atoms with Gasteiger partial charge in [-0.2, -0.15) is 0 Å². The highest BCUT2D eigenvalue weighted by atomic mass is 32.2. The van der Waals surface area contributed by atoms with Crippen LogP contribution in [0, 0.1) is 5.41 Å². The van der Waals surface area contributed by atoms with Gasteiger partial charge in [-0.25, -0.2) is 8.42 Å². The fraction of sp³-hybridized carbons (Fsp3) is 0.600. The Morgan fingerprint density at radius 3 is 2.20 bits per heavy atom. The predicted octanol–water partition coefficient (Wildman–Crippen LogP) is 2.49. The van der Waals surface area contributed by atoms with E-state index in [1.165, 1.54) is 6.26 Å². The zero-order valence-electron chi connectivity index (χ0n) is 12.9. The van der Waals surface area contributed by atoms with Crippen LogP contribution in [0.15, 0.2) is 29.2 Å². The minimum atomic E-state index is -3.15. The van der Waals surface area contributed by atoms with Crippen LogP contribution in [0.5, 0.6) is 5.75 Å². The third kappa shape index (κ3) is 5.92. The van der Waals surface area contributed by atoms with Crippen molar-refractivity contribution in [3.63, 3.8) is 0 Å². The highest BCUT2D eigenvalue weighted by Gasteiger charge is 2.19. The van der Waals surface area contributed by atoms with Crippen molar-refractivity contribution in [1.29, 1.82) is 0 Å². The lowest BCUT2D eigenvalue weighted by molar-refractivity contribution is 0.173. The quantitative estimate of drug-likeness (QED) is 0.840. The molecule has 0 aliphatic carbocycles. The highest BCUT2D eigenvalue weighted by Crippen LogP contribution is 2.20. The van der Waals surface area contributed by atoms with E-state index in [1.54, 1.807) is 24.3 Å². The molecule has 5 heteroatoms. The number of nitrogens with one attached hydrogen (secondary N) is 1. The Morgan fingerprint density at radius 1 is 1.20 bits per heavy atom. The first-order chi connectivity index (χ1) is 9.10. The Balaban J connectivity index is 2.57. The Morgan fingerprint density at radius 2 is 1.75 bits per heavy atom. The molecule has 114 valence electrons. The maximum atomic E-state index is 11.4. The van der Waals surface area contributed by atoms with E-state index in [1.807, 2.05) is 0 Å². The van der Waals surface area contributed by atoms with Crippen molar-refractivity contribution in [3.05, 3.63) is 24.3 Å². The van der Waals surface area contributed by atoms with E-state index >= 15 is 0 Å². The summed E-state index contributed by atoms with van der Waals surface area (Å²) in [5.41, 5.74) is 0.0137. The number of ether oxygens (including phenoxy) is 1. The standard InChI is InChI=1S/C15H25NO3S/c1-12(2)16-10-15(3,4)11-19-13-6-8-14(9-7-13)20(5,17)18/h6-9,12,16H,10-11H2,1-5H3. The molecular formula is C15H25NO3S. The molecule has 0 aromatic heterocycles. The third-order valence-electron chi connectivity index (χ3n) is 2.87. The first-order valence-electron chi connectivity index (χ1n) is 6.76. The number of sulfone groups is 1. The van der Waals surface area contributed by atoms with E-state index in [0.717, 1.165) is 6.54 Å². The molecule has 0 aliphatic rings. The van der Waals surface area contributed by atoms with Crippen molar-refractivity contribution in [2.45, 2.75) is 38.6 Å². The van der Waals surface area contributed by atoms with Crippen LogP contribution in [0.25, 0.3) is 0 Å². The molecule has 0 amide bonds. The molecule has 0 saturated carbocycles. The maximum Gasteiger partial charge on any atom is 0.175 e. The van der Waals surface area contributed by atoms with Crippen molar-refractivity contribution in [2.75, 3.05) is 19.4 Å². The molecule has 1 aromatic carbocycles. The SMILES string of the molecule is CC(C)NCC(C)(C)COc1ccc(S(C)(=O)=O)cc1. The van der Waals surface area contributed by atoms with Gasteiger partial charge in [-0.3, -0.25) is 0 Å². The largest absolute Gasteiger partial charge is 0.493 e. The zero-order chi connectivity index (χ0) is 15.4. The van der Waals surface area contributed by atoms with Crippen LogP contribution in [-0.2, 0) is 9.84 Å². The molecule has 0 saturated heterocycles. The summed E-state index contributed by atoms with van der Waals surface area (Å²) in [5.74, 6) is 0.690. The van der Waals surface area contributed by atoms with Gasteiger partial charge in [-0.05, 0) is 24.3 Å². The van der Waals surface area contributed by atoms with Crippen LogP contribution in [0.1, 0.15) is 27.7 Å². The third-order valence-corrected chi connectivity index (χ3v) is 4.00. The molecule has 0 aliphatic heterocycles. The van der Waals surface area contributed by atoms with Crippen molar-refractivity contribution < 1.29 is 13.2 Å². The molecule has 0 fully saturated rings. The second kappa shape index (κ2) is 6.59. The second-order valence-corrected chi connectivity index (χ2v) is 8.25. The molecule has 0 unspecified atom stereocenters. The Hall–Kier alpha value is -1.07. The predicted molar refractivity (Wildman–Crippen MR) is 82.0 cm³/mol. The Bertz CT molecular complexity index is 519. The van der Waals surface area contributed by atoms with Crippen molar-refractivity contribution in [1.82, 2.24) is 5.32 Å². The maximum absolute atomic E-state index is 11.4. The van der Waals surface area contributed by atoms with Gasteiger partial charge in [0.15, 0.2) is 9.84 Å². The van der Waals surface area contributed by atoms with Crippen LogP contribution < -0.4 is 10.1 Å². The fourth-order valence-corrected chi connectivity index (χ4v) is 2.22. The molecule has 0 radical (unpaired) electrons. The van der Waals surface area contributed by atoms with Gasteiger partial charge >= 0.3 is 0 Å². The summed E-state index contributed by atoms with van der Waals surface area (Å²) in [7, 11) is -3.15. The molecular weight excluding hydrogens is 274 g/mol. The van der Waals surface area contributed by atoms with Gasteiger partial charge in [-0.15, -0.1) is 0 Å². The van der Waals surface area contributed by atoms with E-state index in [0.29, 0.717) is 23.3 Å². The molecule has 1 N–H and O–H groups in total. The van der Waals surface area contributed by atoms with Crippen LogP contribution in [0.4, 0.5) is 0 Å². The minimum absolute atomic E-state index is 0.0137. The number of hydrogen-bond acceptors (Lipinski definition) is 4. The topological polar surface area (TPSA) is 55.4 Å². The van der Waals surface area contributed by atoms with Gasteiger partial charge in [0.2, 0.25) is 0 Å². The molecule has 0 spiro atoms. The molecule has 0 heterocycles. The first-order valence-corrected chi connectivity index (χ1v) is 8.66. The van der Waals surface area contributed by atoms with Crippen LogP contribution >= 0.6 is 0 Å². The van der Waals surface area contributed by atoms with Gasteiger partial charge in [0.1, 0.15) is 5.75 Å². The monoisotopic (exact) mass is 299 g/mol. The summed E-state index contributed by atoms with van der Waals surface area (Å²) in [6.07, 6.45) is 1.20. The van der Waals surface area contributed by atoms with Crippen molar-refractivity contribution >= 4 is 9.84 Å². The number of benzene rings is 1. The van der Waals surface area contributed by atoms with Gasteiger partial charge in [0.05, 0.1) is 11.5 Å². The lowest BCUT2D eigenvalue weighted by atomic mass is 9.94. The van der Waals surface area contributed by atoms with Gasteiger partial charge < -0.3 is 10.1 Å². The Labute approximate surface area is 122 Å². The molecule has 0 bridgehead atoms. The van der Waals surface area contributed by atoms with Gasteiger partial charge in [-0.1, -0.05) is 27.7 Å². The van der Waals surface area contributed by atoms with Gasteiger partial charge in [0, 0.05) is 24.3 Å². The summed E-state index contributed by atoms with van der Waals surface area (Å²) >= 11 is 0. The molecule has 1 rings (SSSR count). The van der Waals surface area contributed by atoms with E-state index in [2.05, 4.69) is 33.0 Å². The van der Waals surface area contributed by atoms with Gasteiger partial charge in [0.25, 0.3) is 0 Å². The number of rotatable bonds is 7. The highest BCUT2D eigenvalue weighted by molar-refractivity contribution is 7.90. The molecule has 20 heavy (non-hydrogen) atoms. The fourth-order valence-electron chi connectivity index (χ4n) is 1.59. The summed E-state index contributed by atoms with van der Waals surface area (Å²) in [6.45, 7) is 9.93. The van der Waals surface area contributed by atoms with Crippen molar-refractivity contribution in [2.24, 2.45) is 5.41 Å². The summed E-state index contributed by atoms with van der Waals surface area (Å²) in [6, 6.07) is 6.99. The van der Waals surface area contributed by atoms with Crippen LogP contribution in [-0.4, -0.2) is 33.9 Å². The lowest BCUT2D eigenvalue weighted by Gasteiger charge is -2.26. The summed E-state index contributed by atoms with van der Waals surface area (Å²) < 4.78 is 28.5. The number of hydrogen-bond donors (Lipinski definition) is 1. The molecule has 0 atom stereocenters. The smallest absolute Gasteiger partial charge is 0.175 e. The van der Waals surface area contributed by atoms with E-state index in [9.17, 15) is 8.42 Å². The summed E-state index contributed by atoms with van der Waals surface area (Å²) in [5, 5.41) is 3.39. The van der Waals surface area contributed by atoms with E-state index in [4.69, 9.17) is 4.74 Å². The summed E-state index contributed by atoms with van der Waals surface area (Å²) in [4.78, 5) is 0.311. The second-order valence-electron chi connectivity index (χ2n) is 6.23. The van der Waals surface area contributed by atoms with E-state index < -0.39 is 9.84 Å². The average molecular weight is 299 g/mol. The van der Waals surface area contributed by atoms with E-state index in [-0.39, 0.29) is 5.41 Å². The molecule has 4 nitrogen and oxygen atoms in total. The van der Waals surface area contributed by atoms with Crippen molar-refractivity contribution in [3.8, 4) is 5.75 Å². The van der Waals surface area contributed by atoms with Crippen LogP contribution in [0.2, 0.25) is 0 Å². The normalized spacial score (nSPS) is 12.7. The first kappa shape index (κ1) is 17.0. The Kier molecular flexibility index (Phi) is 5.59. The zero-order valence-corrected chi connectivity index (χ0v) is 13.8. The molecule has 1 aromatic rings. The minimum Gasteiger partial charge on any atom is -0.493 e. The average Bonchev–Trinajstić information content (AvgIpc) is 2.34. The van der Waals surface area contributed by atoms with Crippen LogP contribution in [0.3, 0.4) is 0 Å².